The number of thiophene rings is 1. The van der Waals surface area contributed by atoms with Gasteiger partial charge in [0.05, 0.1) is 14.7 Å². The Morgan fingerprint density at radius 3 is 2.76 bits per heavy atom. The molecule has 0 fully saturated rings. The predicted molar refractivity (Wildman–Crippen MR) is 91.4 cm³/mol. The summed E-state index contributed by atoms with van der Waals surface area (Å²) in [4.78, 5) is 10.3. The lowest BCUT2D eigenvalue weighted by molar-refractivity contribution is 0.970. The van der Waals surface area contributed by atoms with Gasteiger partial charge in [-0.25, -0.2) is 9.97 Å². The van der Waals surface area contributed by atoms with Gasteiger partial charge in [0.25, 0.3) is 0 Å². The molecule has 0 saturated heterocycles. The van der Waals surface area contributed by atoms with E-state index in [0.29, 0.717) is 0 Å². The van der Waals surface area contributed by atoms with Crippen LogP contribution in [0.2, 0.25) is 4.34 Å². The highest BCUT2D eigenvalue weighted by atomic mass is 35.5. The van der Waals surface area contributed by atoms with Gasteiger partial charge in [0.2, 0.25) is 0 Å². The number of aryl methyl sites for hydroxylation is 1. The average molecular weight is 318 g/mol. The fourth-order valence-corrected chi connectivity index (χ4v) is 3.14. The molecule has 108 valence electrons. The smallest absolute Gasteiger partial charge is 0.172 e. The molecule has 1 aromatic carbocycles. The maximum atomic E-state index is 6.02. The van der Waals surface area contributed by atoms with Crippen molar-refractivity contribution in [1.29, 1.82) is 0 Å². The Balaban J connectivity index is 2.16. The second-order valence-electron chi connectivity index (χ2n) is 4.95. The molecule has 0 aliphatic heterocycles. The summed E-state index contributed by atoms with van der Waals surface area (Å²) >= 11 is 7.52. The first-order valence-electron chi connectivity index (χ1n) is 6.95. The van der Waals surface area contributed by atoms with Crippen LogP contribution in [-0.4, -0.2) is 16.5 Å². The summed E-state index contributed by atoms with van der Waals surface area (Å²) in [7, 11) is 0. The summed E-state index contributed by atoms with van der Waals surface area (Å²) in [6, 6.07) is 10.1. The van der Waals surface area contributed by atoms with Crippen molar-refractivity contribution in [2.24, 2.45) is 0 Å². The van der Waals surface area contributed by atoms with Crippen LogP contribution < -0.4 is 5.32 Å². The summed E-state index contributed by atoms with van der Waals surface area (Å²) in [5, 5.41) is 4.47. The zero-order chi connectivity index (χ0) is 14.8. The van der Waals surface area contributed by atoms with Gasteiger partial charge in [-0.1, -0.05) is 30.2 Å². The van der Waals surface area contributed by atoms with Gasteiger partial charge in [-0.3, -0.25) is 0 Å². The Morgan fingerprint density at radius 1 is 1.19 bits per heavy atom. The second-order valence-corrected chi connectivity index (χ2v) is 6.66. The van der Waals surface area contributed by atoms with Crippen molar-refractivity contribution < 1.29 is 0 Å². The van der Waals surface area contributed by atoms with Crippen molar-refractivity contribution >= 4 is 39.7 Å². The minimum atomic E-state index is 0.724. The van der Waals surface area contributed by atoms with Gasteiger partial charge in [0.1, 0.15) is 5.82 Å². The van der Waals surface area contributed by atoms with Gasteiger partial charge in [-0.05, 0) is 37.6 Å². The lowest BCUT2D eigenvalue weighted by atomic mass is 10.1. The Labute approximate surface area is 133 Å². The first-order valence-corrected chi connectivity index (χ1v) is 8.15. The number of aromatic nitrogens is 2. The van der Waals surface area contributed by atoms with Crippen molar-refractivity contribution in [3.05, 3.63) is 40.2 Å². The molecule has 21 heavy (non-hydrogen) atoms. The molecule has 0 atom stereocenters. The van der Waals surface area contributed by atoms with Crippen LogP contribution >= 0.6 is 22.9 Å². The van der Waals surface area contributed by atoms with Crippen LogP contribution in [0.4, 0.5) is 5.82 Å². The lowest BCUT2D eigenvalue weighted by Gasteiger charge is -2.10. The second kappa shape index (κ2) is 6.00. The van der Waals surface area contributed by atoms with Gasteiger partial charge >= 0.3 is 0 Å². The van der Waals surface area contributed by atoms with Gasteiger partial charge in [-0.15, -0.1) is 11.3 Å². The summed E-state index contributed by atoms with van der Waals surface area (Å²) in [6.45, 7) is 5.11. The standard InChI is InChI=1S/C16H16ClN3S/c1-3-8-18-15-11-9-10(2)4-5-12(11)19-16(20-15)13-6-7-14(17)21-13/h4-7,9H,3,8H2,1-2H3,(H,18,19,20). The van der Waals surface area contributed by atoms with Crippen molar-refractivity contribution in [1.82, 2.24) is 9.97 Å². The molecule has 2 aromatic heterocycles. The van der Waals surface area contributed by atoms with Crippen molar-refractivity contribution in [3.63, 3.8) is 0 Å². The van der Waals surface area contributed by atoms with E-state index < -0.39 is 0 Å². The third kappa shape index (κ3) is 3.01. The van der Waals surface area contributed by atoms with E-state index in [4.69, 9.17) is 16.6 Å². The predicted octanol–water partition coefficient (Wildman–Crippen LogP) is 5.14. The maximum Gasteiger partial charge on any atom is 0.172 e. The largest absolute Gasteiger partial charge is 0.369 e. The van der Waals surface area contributed by atoms with Crippen molar-refractivity contribution in [3.8, 4) is 10.7 Å². The van der Waals surface area contributed by atoms with Crippen LogP contribution in [-0.2, 0) is 0 Å². The number of fused-ring (bicyclic) bond motifs is 1. The third-order valence-corrected chi connectivity index (χ3v) is 4.41. The topological polar surface area (TPSA) is 37.8 Å². The number of rotatable bonds is 4. The highest BCUT2D eigenvalue weighted by molar-refractivity contribution is 7.19. The van der Waals surface area contributed by atoms with Gasteiger partial charge in [0.15, 0.2) is 5.82 Å². The molecule has 3 rings (SSSR count). The molecule has 0 amide bonds. The Hall–Kier alpha value is -1.65. The fraction of sp³-hybridized carbons (Fsp3) is 0.250. The molecule has 0 aliphatic carbocycles. The normalized spacial score (nSPS) is 11.0. The van der Waals surface area contributed by atoms with Crippen molar-refractivity contribution in [2.75, 3.05) is 11.9 Å². The summed E-state index contributed by atoms with van der Waals surface area (Å²) in [6.07, 6.45) is 1.05. The van der Waals surface area contributed by atoms with E-state index in [1.165, 1.54) is 16.9 Å². The number of hydrogen-bond acceptors (Lipinski definition) is 4. The van der Waals surface area contributed by atoms with Crippen molar-refractivity contribution in [2.45, 2.75) is 20.3 Å². The monoisotopic (exact) mass is 317 g/mol. The first-order chi connectivity index (χ1) is 10.2. The Morgan fingerprint density at radius 2 is 2.05 bits per heavy atom. The molecule has 0 spiro atoms. The van der Waals surface area contributed by atoms with Crippen LogP contribution in [0.25, 0.3) is 21.6 Å². The molecule has 0 aliphatic rings. The van der Waals surface area contributed by atoms with Gasteiger partial charge in [-0.2, -0.15) is 0 Å². The van der Waals surface area contributed by atoms with Crippen LogP contribution in [0.5, 0.6) is 0 Å². The molecule has 0 bridgehead atoms. The molecule has 1 N–H and O–H groups in total. The highest BCUT2D eigenvalue weighted by Gasteiger charge is 2.11. The lowest BCUT2D eigenvalue weighted by Crippen LogP contribution is -2.04. The van der Waals surface area contributed by atoms with E-state index in [0.717, 1.165) is 44.7 Å². The summed E-state index contributed by atoms with van der Waals surface area (Å²) in [5.74, 6) is 1.62. The summed E-state index contributed by atoms with van der Waals surface area (Å²) < 4.78 is 0.751. The number of benzene rings is 1. The van der Waals surface area contributed by atoms with Gasteiger partial charge < -0.3 is 5.32 Å². The van der Waals surface area contributed by atoms with E-state index in [1.54, 1.807) is 0 Å². The molecule has 0 unspecified atom stereocenters. The van der Waals surface area contributed by atoms with E-state index in [1.807, 2.05) is 18.2 Å². The molecular formula is C16H16ClN3S. The van der Waals surface area contributed by atoms with Crippen LogP contribution in [0, 0.1) is 6.92 Å². The minimum absolute atomic E-state index is 0.724. The Kier molecular flexibility index (Phi) is 4.08. The molecule has 0 saturated carbocycles. The quantitative estimate of drug-likeness (QED) is 0.723. The summed E-state index contributed by atoms with van der Waals surface area (Å²) in [5.41, 5.74) is 2.16. The molecule has 5 heteroatoms. The minimum Gasteiger partial charge on any atom is -0.369 e. The number of nitrogens with one attached hydrogen (secondary N) is 1. The van der Waals surface area contributed by atoms with E-state index in [2.05, 4.69) is 36.3 Å². The number of hydrogen-bond donors (Lipinski definition) is 1. The van der Waals surface area contributed by atoms with E-state index in [9.17, 15) is 0 Å². The average Bonchev–Trinajstić information content (AvgIpc) is 2.91. The number of halogens is 1. The fourth-order valence-electron chi connectivity index (χ4n) is 2.17. The van der Waals surface area contributed by atoms with Crippen LogP contribution in [0.3, 0.4) is 0 Å². The van der Waals surface area contributed by atoms with Crippen LogP contribution in [0.1, 0.15) is 18.9 Å². The first kappa shape index (κ1) is 14.3. The molecule has 3 nitrogen and oxygen atoms in total. The SMILES string of the molecule is CCCNc1nc(-c2ccc(Cl)s2)nc2ccc(C)cc12. The van der Waals surface area contributed by atoms with E-state index >= 15 is 0 Å². The molecular weight excluding hydrogens is 302 g/mol. The molecule has 2 heterocycles. The van der Waals surface area contributed by atoms with Crippen LogP contribution in [0.15, 0.2) is 30.3 Å². The van der Waals surface area contributed by atoms with Gasteiger partial charge in [0, 0.05) is 11.9 Å². The highest BCUT2D eigenvalue weighted by Crippen LogP contribution is 2.31. The third-order valence-electron chi connectivity index (χ3n) is 3.19. The molecule has 3 aromatic rings. The zero-order valence-corrected chi connectivity index (χ0v) is 13.6. The maximum absolute atomic E-state index is 6.02. The Bertz CT molecular complexity index is 782. The molecule has 0 radical (unpaired) electrons. The van der Waals surface area contributed by atoms with E-state index in [-0.39, 0.29) is 0 Å². The zero-order valence-electron chi connectivity index (χ0n) is 12.0. The number of nitrogens with zero attached hydrogens (tertiary/aromatic N) is 2. The number of anilines is 1.